The Hall–Kier alpha value is -1.27. The highest BCUT2D eigenvalue weighted by atomic mass is 35.5. The molecule has 1 amide bonds. The molecular weight excluding hydrogens is 347 g/mol. The second-order valence-electron chi connectivity index (χ2n) is 4.57. The van der Waals surface area contributed by atoms with Gasteiger partial charge in [-0.25, -0.2) is 4.68 Å². The average molecular weight is 364 g/mol. The van der Waals surface area contributed by atoms with Crippen LogP contribution in [0.3, 0.4) is 0 Å². The SMILES string of the molecule is CNCCN(C)C(=O)c1ccn(-c2ccc(Cl)c(Cl)c2)n1.Cl. The molecule has 0 aliphatic rings. The predicted molar refractivity (Wildman–Crippen MR) is 91.7 cm³/mol. The molecule has 0 saturated carbocycles. The molecule has 1 aromatic carbocycles. The number of aromatic nitrogens is 2. The number of amides is 1. The molecule has 2 aromatic rings. The second kappa shape index (κ2) is 8.39. The van der Waals surface area contributed by atoms with Gasteiger partial charge in [-0.05, 0) is 31.3 Å². The van der Waals surface area contributed by atoms with Gasteiger partial charge in [-0.1, -0.05) is 23.2 Å². The standard InChI is InChI=1S/C14H16Cl2N4O.ClH/c1-17-6-8-19(2)14(21)13-5-7-20(18-13)10-3-4-11(15)12(16)9-10;/h3-5,7,9,17H,6,8H2,1-2H3;1H. The molecule has 5 nitrogen and oxygen atoms in total. The molecule has 0 fully saturated rings. The van der Waals surface area contributed by atoms with Crippen LogP contribution in [0.2, 0.25) is 10.0 Å². The molecule has 22 heavy (non-hydrogen) atoms. The van der Waals surface area contributed by atoms with E-state index in [-0.39, 0.29) is 18.3 Å². The third-order valence-electron chi connectivity index (χ3n) is 3.02. The number of rotatable bonds is 5. The minimum atomic E-state index is -0.121. The van der Waals surface area contributed by atoms with Crippen molar-refractivity contribution in [2.45, 2.75) is 0 Å². The summed E-state index contributed by atoms with van der Waals surface area (Å²) in [5.74, 6) is -0.121. The summed E-state index contributed by atoms with van der Waals surface area (Å²) < 4.78 is 1.60. The van der Waals surface area contributed by atoms with Gasteiger partial charge in [0.2, 0.25) is 0 Å². The van der Waals surface area contributed by atoms with Gasteiger partial charge in [-0.2, -0.15) is 5.10 Å². The average Bonchev–Trinajstić information content (AvgIpc) is 2.96. The van der Waals surface area contributed by atoms with Crippen LogP contribution in [0.4, 0.5) is 0 Å². The molecule has 0 saturated heterocycles. The highest BCUT2D eigenvalue weighted by Gasteiger charge is 2.14. The normalized spacial score (nSPS) is 10.2. The lowest BCUT2D eigenvalue weighted by molar-refractivity contribution is 0.0790. The van der Waals surface area contributed by atoms with Gasteiger partial charge in [-0.3, -0.25) is 4.79 Å². The highest BCUT2D eigenvalue weighted by Crippen LogP contribution is 2.24. The molecule has 1 aromatic heterocycles. The van der Waals surface area contributed by atoms with Crippen molar-refractivity contribution in [3.8, 4) is 5.69 Å². The fraction of sp³-hybridized carbons (Fsp3) is 0.286. The van der Waals surface area contributed by atoms with Gasteiger partial charge in [0.15, 0.2) is 5.69 Å². The molecule has 2 rings (SSSR count). The minimum absolute atomic E-state index is 0. The van der Waals surface area contributed by atoms with Crippen LogP contribution >= 0.6 is 35.6 Å². The van der Waals surface area contributed by atoms with E-state index < -0.39 is 0 Å². The van der Waals surface area contributed by atoms with Crippen LogP contribution in [-0.2, 0) is 0 Å². The topological polar surface area (TPSA) is 50.2 Å². The lowest BCUT2D eigenvalue weighted by Crippen LogP contribution is -2.33. The number of carbonyl (C=O) groups excluding carboxylic acids is 1. The van der Waals surface area contributed by atoms with E-state index in [9.17, 15) is 4.79 Å². The van der Waals surface area contributed by atoms with Crippen LogP contribution in [0.1, 0.15) is 10.5 Å². The number of likely N-dealkylation sites (N-methyl/N-ethyl adjacent to an activating group) is 2. The minimum Gasteiger partial charge on any atom is -0.339 e. The van der Waals surface area contributed by atoms with Crippen LogP contribution in [0.15, 0.2) is 30.5 Å². The predicted octanol–water partition coefficient (Wildman–Crippen LogP) is 2.89. The molecular formula is C14H17Cl3N4O. The van der Waals surface area contributed by atoms with Gasteiger partial charge < -0.3 is 10.2 Å². The van der Waals surface area contributed by atoms with Crippen LogP contribution in [0.5, 0.6) is 0 Å². The van der Waals surface area contributed by atoms with Crippen molar-refractivity contribution in [2.24, 2.45) is 0 Å². The van der Waals surface area contributed by atoms with Crippen molar-refractivity contribution >= 4 is 41.5 Å². The first-order valence-electron chi connectivity index (χ1n) is 6.44. The lowest BCUT2D eigenvalue weighted by atomic mass is 10.3. The summed E-state index contributed by atoms with van der Waals surface area (Å²) in [4.78, 5) is 13.8. The first-order chi connectivity index (χ1) is 10.0. The zero-order chi connectivity index (χ0) is 15.4. The molecule has 0 bridgehead atoms. The number of hydrogen-bond acceptors (Lipinski definition) is 3. The van der Waals surface area contributed by atoms with E-state index in [1.807, 2.05) is 7.05 Å². The summed E-state index contributed by atoms with van der Waals surface area (Å²) in [6, 6.07) is 6.87. The zero-order valence-electron chi connectivity index (χ0n) is 12.2. The maximum Gasteiger partial charge on any atom is 0.274 e. The lowest BCUT2D eigenvalue weighted by Gasteiger charge is -2.15. The van der Waals surface area contributed by atoms with Crippen LogP contribution in [0.25, 0.3) is 5.69 Å². The number of nitrogens with one attached hydrogen (secondary N) is 1. The van der Waals surface area contributed by atoms with E-state index in [0.717, 1.165) is 12.2 Å². The first kappa shape index (κ1) is 18.8. The maximum absolute atomic E-state index is 12.2. The van der Waals surface area contributed by atoms with E-state index in [2.05, 4.69) is 10.4 Å². The van der Waals surface area contributed by atoms with Crippen molar-refractivity contribution in [3.05, 3.63) is 46.2 Å². The van der Waals surface area contributed by atoms with Crippen molar-refractivity contribution in [2.75, 3.05) is 27.2 Å². The molecule has 8 heteroatoms. The Labute approximate surface area is 145 Å². The van der Waals surface area contributed by atoms with Crippen LogP contribution < -0.4 is 5.32 Å². The van der Waals surface area contributed by atoms with Gasteiger partial charge in [0.05, 0.1) is 15.7 Å². The number of nitrogens with zero attached hydrogens (tertiary/aromatic N) is 3. The number of carbonyl (C=O) groups is 1. The van der Waals surface area contributed by atoms with Crippen molar-refractivity contribution in [1.29, 1.82) is 0 Å². The van der Waals surface area contributed by atoms with Crippen molar-refractivity contribution in [1.82, 2.24) is 20.0 Å². The smallest absolute Gasteiger partial charge is 0.274 e. The molecule has 0 unspecified atom stereocenters. The van der Waals surface area contributed by atoms with Gasteiger partial charge in [0.25, 0.3) is 5.91 Å². The molecule has 1 N–H and O–H groups in total. The van der Waals surface area contributed by atoms with Crippen molar-refractivity contribution in [3.63, 3.8) is 0 Å². The number of hydrogen-bond donors (Lipinski definition) is 1. The molecule has 0 radical (unpaired) electrons. The summed E-state index contributed by atoms with van der Waals surface area (Å²) in [5, 5.41) is 8.21. The quantitative estimate of drug-likeness (QED) is 0.888. The number of halogens is 3. The van der Waals surface area contributed by atoms with E-state index in [1.54, 1.807) is 47.1 Å². The third-order valence-corrected chi connectivity index (χ3v) is 3.76. The van der Waals surface area contributed by atoms with Crippen LogP contribution in [0, 0.1) is 0 Å². The summed E-state index contributed by atoms with van der Waals surface area (Å²) in [5.41, 5.74) is 1.14. The zero-order valence-corrected chi connectivity index (χ0v) is 14.5. The molecule has 0 aliphatic heterocycles. The highest BCUT2D eigenvalue weighted by molar-refractivity contribution is 6.42. The summed E-state index contributed by atoms with van der Waals surface area (Å²) in [6.07, 6.45) is 1.72. The summed E-state index contributed by atoms with van der Waals surface area (Å²) in [7, 11) is 3.59. The van der Waals surface area contributed by atoms with Crippen LogP contribution in [-0.4, -0.2) is 47.8 Å². The Morgan fingerprint density at radius 2 is 2.05 bits per heavy atom. The molecule has 0 aliphatic carbocycles. The van der Waals surface area contributed by atoms with E-state index in [1.165, 1.54) is 0 Å². The second-order valence-corrected chi connectivity index (χ2v) is 5.39. The number of benzene rings is 1. The Morgan fingerprint density at radius 1 is 1.32 bits per heavy atom. The molecule has 1 heterocycles. The summed E-state index contributed by atoms with van der Waals surface area (Å²) >= 11 is 11.9. The van der Waals surface area contributed by atoms with E-state index in [4.69, 9.17) is 23.2 Å². The maximum atomic E-state index is 12.2. The fourth-order valence-electron chi connectivity index (χ4n) is 1.79. The van der Waals surface area contributed by atoms with Gasteiger partial charge in [0.1, 0.15) is 0 Å². The van der Waals surface area contributed by atoms with E-state index >= 15 is 0 Å². The van der Waals surface area contributed by atoms with Gasteiger partial charge in [0, 0.05) is 26.3 Å². The molecule has 120 valence electrons. The van der Waals surface area contributed by atoms with Gasteiger partial charge in [-0.15, -0.1) is 12.4 Å². The fourth-order valence-corrected chi connectivity index (χ4v) is 2.08. The first-order valence-corrected chi connectivity index (χ1v) is 7.19. The monoisotopic (exact) mass is 362 g/mol. The Kier molecular flexibility index (Phi) is 7.16. The molecule has 0 atom stereocenters. The van der Waals surface area contributed by atoms with E-state index in [0.29, 0.717) is 22.3 Å². The summed E-state index contributed by atoms with van der Waals surface area (Å²) in [6.45, 7) is 1.35. The Bertz CT molecular complexity index is 645. The largest absolute Gasteiger partial charge is 0.339 e. The molecule has 0 spiro atoms. The Morgan fingerprint density at radius 3 is 2.68 bits per heavy atom. The Balaban J connectivity index is 0.00000242. The van der Waals surface area contributed by atoms with Crippen molar-refractivity contribution < 1.29 is 4.79 Å². The third kappa shape index (κ3) is 4.36. The van der Waals surface area contributed by atoms with Gasteiger partial charge >= 0.3 is 0 Å².